The van der Waals surface area contributed by atoms with E-state index in [1.165, 1.54) is 4.31 Å². The van der Waals surface area contributed by atoms with Crippen LogP contribution in [-0.4, -0.2) is 48.0 Å². The van der Waals surface area contributed by atoms with Gasteiger partial charge in [0.05, 0.1) is 0 Å². The van der Waals surface area contributed by atoms with Crippen LogP contribution in [0.15, 0.2) is 34.7 Å². The average molecular weight is 396 g/mol. The largest absolute Gasteiger partial charge is 0.481 e. The second kappa shape index (κ2) is 8.11. The molecule has 140 valence electrons. The molecule has 1 aromatic heterocycles. The van der Waals surface area contributed by atoms with Crippen LogP contribution in [0.25, 0.3) is 0 Å². The number of hydrogen-bond donors (Lipinski definition) is 1. The predicted octanol–water partition coefficient (Wildman–Crippen LogP) is 2.12. The number of rotatable bonds is 6. The van der Waals surface area contributed by atoms with Crippen molar-refractivity contribution in [3.8, 4) is 5.75 Å². The Labute approximate surface area is 156 Å². The van der Waals surface area contributed by atoms with Crippen LogP contribution in [0.5, 0.6) is 5.75 Å². The number of nitrogens with zero attached hydrogens (tertiary/aromatic N) is 3. The molecule has 1 aliphatic heterocycles. The Balaban J connectivity index is 1.63. The van der Waals surface area contributed by atoms with Gasteiger partial charge in [0.15, 0.2) is 6.10 Å². The van der Waals surface area contributed by atoms with Crippen LogP contribution in [-0.2, 0) is 14.8 Å². The number of para-hydroxylation sites is 1. The molecular weight excluding hydrogens is 376 g/mol. The molecule has 10 heteroatoms. The van der Waals surface area contributed by atoms with Gasteiger partial charge >= 0.3 is 0 Å². The number of amides is 1. The molecule has 1 N–H and O–H groups in total. The SMILES string of the molecule is C[C@H](Oc1ccccc1)C(=O)Nc1nnc(S(=O)(=O)N2CCCCC2)s1. The Morgan fingerprint density at radius 2 is 1.88 bits per heavy atom. The maximum atomic E-state index is 12.6. The van der Waals surface area contributed by atoms with Crippen molar-refractivity contribution in [3.63, 3.8) is 0 Å². The van der Waals surface area contributed by atoms with Crippen molar-refractivity contribution < 1.29 is 17.9 Å². The highest BCUT2D eigenvalue weighted by Gasteiger charge is 2.30. The van der Waals surface area contributed by atoms with Gasteiger partial charge in [0.25, 0.3) is 15.9 Å². The molecule has 26 heavy (non-hydrogen) atoms. The van der Waals surface area contributed by atoms with Crippen molar-refractivity contribution in [2.75, 3.05) is 18.4 Å². The molecule has 0 aliphatic carbocycles. The van der Waals surface area contributed by atoms with Gasteiger partial charge in [0.2, 0.25) is 9.47 Å². The molecule has 2 heterocycles. The summed E-state index contributed by atoms with van der Waals surface area (Å²) in [6, 6.07) is 8.96. The molecule has 1 fully saturated rings. The summed E-state index contributed by atoms with van der Waals surface area (Å²) in [4.78, 5) is 12.2. The van der Waals surface area contributed by atoms with Crippen LogP contribution in [0.1, 0.15) is 26.2 Å². The number of aromatic nitrogens is 2. The monoisotopic (exact) mass is 396 g/mol. The van der Waals surface area contributed by atoms with Gasteiger partial charge in [-0.25, -0.2) is 8.42 Å². The third kappa shape index (κ3) is 4.37. The first-order valence-corrected chi connectivity index (χ1v) is 10.6. The maximum Gasteiger partial charge on any atom is 0.272 e. The predicted molar refractivity (Wildman–Crippen MR) is 97.7 cm³/mol. The second-order valence-electron chi connectivity index (χ2n) is 5.90. The Bertz CT molecular complexity index is 848. The van der Waals surface area contributed by atoms with Crippen LogP contribution in [0, 0.1) is 0 Å². The molecule has 0 spiro atoms. The van der Waals surface area contributed by atoms with Gasteiger partial charge < -0.3 is 4.74 Å². The molecular formula is C16H20N4O4S2. The summed E-state index contributed by atoms with van der Waals surface area (Å²) < 4.78 is 32.0. The normalized spacial score (nSPS) is 16.8. The van der Waals surface area contributed by atoms with Crippen molar-refractivity contribution in [2.45, 2.75) is 36.6 Å². The third-order valence-corrected chi connectivity index (χ3v) is 7.02. The molecule has 8 nitrogen and oxygen atoms in total. The van der Waals surface area contributed by atoms with Gasteiger partial charge in [-0.3, -0.25) is 10.1 Å². The smallest absolute Gasteiger partial charge is 0.272 e. The number of ether oxygens (including phenoxy) is 1. The van der Waals surface area contributed by atoms with Gasteiger partial charge in [-0.2, -0.15) is 4.31 Å². The molecule has 1 saturated heterocycles. The van der Waals surface area contributed by atoms with Gasteiger partial charge in [-0.05, 0) is 31.9 Å². The molecule has 3 rings (SSSR count). The van der Waals surface area contributed by atoms with Gasteiger partial charge in [-0.1, -0.05) is 36.0 Å². The minimum absolute atomic E-state index is 0.105. The number of hydrogen-bond acceptors (Lipinski definition) is 7. The molecule has 0 bridgehead atoms. The average Bonchev–Trinajstić information content (AvgIpc) is 3.12. The fourth-order valence-electron chi connectivity index (χ4n) is 2.54. The first-order chi connectivity index (χ1) is 12.5. The molecule has 0 radical (unpaired) electrons. The number of nitrogens with one attached hydrogen (secondary N) is 1. The summed E-state index contributed by atoms with van der Waals surface area (Å²) in [7, 11) is -3.65. The fourth-order valence-corrected chi connectivity index (χ4v) is 5.10. The minimum atomic E-state index is -3.65. The zero-order valence-corrected chi connectivity index (χ0v) is 15.9. The highest BCUT2D eigenvalue weighted by atomic mass is 32.2. The van der Waals surface area contributed by atoms with E-state index in [1.54, 1.807) is 19.1 Å². The molecule has 1 aliphatic rings. The fraction of sp³-hybridized carbons (Fsp3) is 0.438. The lowest BCUT2D eigenvalue weighted by Crippen LogP contribution is -2.35. The third-order valence-electron chi connectivity index (χ3n) is 3.94. The summed E-state index contributed by atoms with van der Waals surface area (Å²) in [6.45, 7) is 2.59. The standard InChI is InChI=1S/C16H20N4O4S2/c1-12(24-13-8-4-2-5-9-13)14(21)17-15-18-19-16(25-15)26(22,23)20-10-6-3-7-11-20/h2,4-5,8-9,12H,3,6-7,10-11H2,1H3,(H,17,18,21)/t12-/m0/s1. The number of anilines is 1. The molecule has 2 aromatic rings. The first kappa shape index (κ1) is 18.7. The van der Waals surface area contributed by atoms with E-state index in [0.717, 1.165) is 30.6 Å². The number of carbonyl (C=O) groups excluding carboxylic acids is 1. The molecule has 1 aromatic carbocycles. The number of piperidine rings is 1. The summed E-state index contributed by atoms with van der Waals surface area (Å²) in [6.07, 6.45) is 1.96. The van der Waals surface area contributed by atoms with E-state index < -0.39 is 22.0 Å². The van der Waals surface area contributed by atoms with Crippen LogP contribution < -0.4 is 10.1 Å². The van der Waals surface area contributed by atoms with Crippen molar-refractivity contribution in [1.29, 1.82) is 0 Å². The van der Waals surface area contributed by atoms with E-state index in [9.17, 15) is 13.2 Å². The Hall–Kier alpha value is -2.04. The Morgan fingerprint density at radius 3 is 2.58 bits per heavy atom. The topological polar surface area (TPSA) is 101 Å². The summed E-state index contributed by atoms with van der Waals surface area (Å²) >= 11 is 0.846. The van der Waals surface area contributed by atoms with Crippen molar-refractivity contribution >= 4 is 32.4 Å². The van der Waals surface area contributed by atoms with Crippen LogP contribution >= 0.6 is 11.3 Å². The van der Waals surface area contributed by atoms with E-state index >= 15 is 0 Å². The Kier molecular flexibility index (Phi) is 5.84. The highest BCUT2D eigenvalue weighted by Crippen LogP contribution is 2.25. The minimum Gasteiger partial charge on any atom is -0.481 e. The Morgan fingerprint density at radius 1 is 1.19 bits per heavy atom. The van der Waals surface area contributed by atoms with Crippen molar-refractivity contribution in [1.82, 2.24) is 14.5 Å². The van der Waals surface area contributed by atoms with Crippen molar-refractivity contribution in [2.24, 2.45) is 0 Å². The first-order valence-electron chi connectivity index (χ1n) is 8.33. The number of sulfonamides is 1. The van der Waals surface area contributed by atoms with Crippen LogP contribution in [0.3, 0.4) is 0 Å². The molecule has 0 unspecified atom stereocenters. The van der Waals surface area contributed by atoms with E-state index in [1.807, 2.05) is 18.2 Å². The second-order valence-corrected chi connectivity index (χ2v) is 8.99. The van der Waals surface area contributed by atoms with E-state index in [4.69, 9.17) is 4.74 Å². The molecule has 0 saturated carbocycles. The van der Waals surface area contributed by atoms with E-state index in [-0.39, 0.29) is 9.47 Å². The highest BCUT2D eigenvalue weighted by molar-refractivity contribution is 7.91. The van der Waals surface area contributed by atoms with Crippen LogP contribution in [0.4, 0.5) is 5.13 Å². The maximum absolute atomic E-state index is 12.6. The van der Waals surface area contributed by atoms with Gasteiger partial charge in [-0.15, -0.1) is 10.2 Å². The zero-order chi connectivity index (χ0) is 18.6. The quantitative estimate of drug-likeness (QED) is 0.751. The summed E-state index contributed by atoms with van der Waals surface area (Å²) in [5.41, 5.74) is 0. The molecule has 1 amide bonds. The van der Waals surface area contributed by atoms with E-state index in [2.05, 4.69) is 15.5 Å². The van der Waals surface area contributed by atoms with Crippen LogP contribution in [0.2, 0.25) is 0 Å². The lowest BCUT2D eigenvalue weighted by molar-refractivity contribution is -0.122. The number of benzene rings is 1. The lowest BCUT2D eigenvalue weighted by atomic mass is 10.2. The zero-order valence-electron chi connectivity index (χ0n) is 14.3. The van der Waals surface area contributed by atoms with Crippen molar-refractivity contribution in [3.05, 3.63) is 30.3 Å². The van der Waals surface area contributed by atoms with Gasteiger partial charge in [0, 0.05) is 13.1 Å². The summed E-state index contributed by atoms with van der Waals surface area (Å²) in [5, 5.41) is 10.2. The molecule has 1 atom stereocenters. The van der Waals surface area contributed by atoms with E-state index in [0.29, 0.717) is 18.8 Å². The van der Waals surface area contributed by atoms with Gasteiger partial charge in [0.1, 0.15) is 5.75 Å². The number of carbonyl (C=O) groups is 1. The summed E-state index contributed by atoms with van der Waals surface area (Å²) in [5.74, 6) is 0.146. The lowest BCUT2D eigenvalue weighted by Gasteiger charge is -2.24.